The van der Waals surface area contributed by atoms with Crippen LogP contribution in [-0.2, 0) is 20.7 Å². The van der Waals surface area contributed by atoms with E-state index in [-0.39, 0.29) is 41.7 Å². The van der Waals surface area contributed by atoms with E-state index in [0.29, 0.717) is 39.3 Å². The molecule has 0 atom stereocenters. The molecule has 0 radical (unpaired) electrons. The molecule has 0 aliphatic rings. The van der Waals surface area contributed by atoms with Crippen LogP contribution in [-0.4, -0.2) is 34.2 Å². The summed E-state index contributed by atoms with van der Waals surface area (Å²) in [5.41, 5.74) is 8.04. The van der Waals surface area contributed by atoms with Crippen LogP contribution in [0.3, 0.4) is 0 Å². The number of anilines is 2. The molecule has 0 bridgehead atoms. The number of nitrogen functional groups attached to an aromatic ring is 1. The third-order valence-electron chi connectivity index (χ3n) is 4.47. The number of aromatic nitrogens is 2. The first-order valence-electron chi connectivity index (χ1n) is 10.2. The van der Waals surface area contributed by atoms with Gasteiger partial charge in [0.15, 0.2) is 5.13 Å². The molecule has 0 aliphatic heterocycles. The highest BCUT2D eigenvalue weighted by Gasteiger charge is 2.20. The van der Waals surface area contributed by atoms with Crippen molar-refractivity contribution in [2.75, 3.05) is 23.4 Å². The van der Waals surface area contributed by atoms with Crippen LogP contribution < -0.4 is 11.1 Å². The summed E-state index contributed by atoms with van der Waals surface area (Å²) in [4.78, 5) is 32.3. The third-order valence-corrected chi connectivity index (χ3v) is 6.26. The second-order valence-electron chi connectivity index (χ2n) is 6.79. The molecule has 0 aliphatic carbocycles. The van der Waals surface area contributed by atoms with Gasteiger partial charge < -0.3 is 15.8 Å². The number of carbonyl (C=O) groups excluding carboxylic acids is 2. The number of nitrogens with one attached hydrogen (secondary N) is 1. The van der Waals surface area contributed by atoms with Crippen molar-refractivity contribution in [3.05, 3.63) is 52.5 Å². The van der Waals surface area contributed by atoms with Gasteiger partial charge in [0.1, 0.15) is 28.5 Å². The number of ether oxygens (including phenoxy) is 1. The number of rotatable bonds is 9. The number of carbonyl (C=O) groups is 2. The van der Waals surface area contributed by atoms with Crippen molar-refractivity contribution in [1.82, 2.24) is 9.97 Å². The summed E-state index contributed by atoms with van der Waals surface area (Å²) in [5.74, 6) is -0.287. The van der Waals surface area contributed by atoms with Gasteiger partial charge in [0.25, 0.3) is 0 Å². The van der Waals surface area contributed by atoms with E-state index < -0.39 is 0 Å². The zero-order chi connectivity index (χ0) is 24.5. The minimum Gasteiger partial charge on any atom is -0.466 e. The van der Waals surface area contributed by atoms with Crippen molar-refractivity contribution in [3.63, 3.8) is 0 Å². The SMILES string of the molecule is CCOC(=O)Cc1csc(NC(=O)CCSc2nc(N)c(C#N)c(-c3ccccc3)c2C#N)n1. The maximum absolute atomic E-state index is 12.3. The van der Waals surface area contributed by atoms with Gasteiger partial charge in [-0.3, -0.25) is 9.59 Å². The Balaban J connectivity index is 1.67. The zero-order valence-corrected chi connectivity index (χ0v) is 19.8. The highest BCUT2D eigenvalue weighted by molar-refractivity contribution is 7.99. The Hall–Kier alpha value is -3.93. The number of benzene rings is 1. The smallest absolute Gasteiger partial charge is 0.311 e. The van der Waals surface area contributed by atoms with E-state index >= 15 is 0 Å². The van der Waals surface area contributed by atoms with Crippen LogP contribution in [0.1, 0.15) is 30.2 Å². The molecule has 9 nitrogen and oxygen atoms in total. The molecule has 3 rings (SSSR count). The summed E-state index contributed by atoms with van der Waals surface area (Å²) >= 11 is 2.43. The number of esters is 1. The van der Waals surface area contributed by atoms with E-state index in [1.165, 1.54) is 23.1 Å². The predicted octanol–water partition coefficient (Wildman–Crippen LogP) is 3.76. The van der Waals surface area contributed by atoms with Crippen LogP contribution >= 0.6 is 23.1 Å². The number of nitrogens with zero attached hydrogens (tertiary/aromatic N) is 4. The summed E-state index contributed by atoms with van der Waals surface area (Å²) in [7, 11) is 0. The number of hydrogen-bond acceptors (Lipinski definition) is 10. The number of hydrogen-bond donors (Lipinski definition) is 2. The molecule has 0 spiro atoms. The number of thiazole rings is 1. The van der Waals surface area contributed by atoms with Gasteiger partial charge in [0.05, 0.1) is 24.3 Å². The standard InChI is InChI=1S/C23H20N6O3S2/c1-2-32-19(31)10-15-13-34-23(27-15)28-18(30)8-9-33-22-17(12-25)20(14-6-4-3-5-7-14)16(11-24)21(26)29-22/h3-7,13H,2,8-10H2,1H3,(H2,26,29)(H,27,28,30). The number of thioether (sulfide) groups is 1. The predicted molar refractivity (Wildman–Crippen MR) is 130 cm³/mol. The van der Waals surface area contributed by atoms with Gasteiger partial charge in [-0.1, -0.05) is 30.3 Å². The van der Waals surface area contributed by atoms with Crippen LogP contribution in [0, 0.1) is 22.7 Å². The molecule has 1 aromatic carbocycles. The van der Waals surface area contributed by atoms with E-state index in [9.17, 15) is 20.1 Å². The maximum atomic E-state index is 12.3. The van der Waals surface area contributed by atoms with E-state index in [1.54, 1.807) is 24.4 Å². The molecule has 3 N–H and O–H groups in total. The molecule has 11 heteroatoms. The van der Waals surface area contributed by atoms with Gasteiger partial charge in [0.2, 0.25) is 5.91 Å². The normalized spacial score (nSPS) is 10.2. The van der Waals surface area contributed by atoms with Crippen molar-refractivity contribution in [2.24, 2.45) is 0 Å². The Labute approximate surface area is 204 Å². The first kappa shape index (κ1) is 24.7. The Morgan fingerprint density at radius 2 is 1.91 bits per heavy atom. The van der Waals surface area contributed by atoms with Crippen molar-refractivity contribution in [1.29, 1.82) is 10.5 Å². The fourth-order valence-electron chi connectivity index (χ4n) is 3.02. The maximum Gasteiger partial charge on any atom is 0.311 e. The largest absolute Gasteiger partial charge is 0.466 e. The Kier molecular flexibility index (Phi) is 8.57. The molecular formula is C23H20N6O3S2. The Bertz CT molecular complexity index is 1280. The monoisotopic (exact) mass is 492 g/mol. The topological polar surface area (TPSA) is 155 Å². The quantitative estimate of drug-likeness (QED) is 0.335. The van der Waals surface area contributed by atoms with E-state index in [4.69, 9.17) is 10.5 Å². The lowest BCUT2D eigenvalue weighted by atomic mass is 9.97. The second kappa shape index (κ2) is 11.8. The summed E-state index contributed by atoms with van der Waals surface area (Å²) < 4.78 is 4.89. The lowest BCUT2D eigenvalue weighted by Gasteiger charge is -2.12. The summed E-state index contributed by atoms with van der Waals surface area (Å²) in [5, 5.41) is 24.5. The number of amides is 1. The van der Waals surface area contributed by atoms with E-state index in [1.807, 2.05) is 24.3 Å². The average molecular weight is 493 g/mol. The highest BCUT2D eigenvalue weighted by Crippen LogP contribution is 2.35. The molecule has 0 saturated carbocycles. The fourth-order valence-corrected chi connectivity index (χ4v) is 4.69. The van der Waals surface area contributed by atoms with Gasteiger partial charge in [-0.25, -0.2) is 9.97 Å². The van der Waals surface area contributed by atoms with Gasteiger partial charge in [-0.2, -0.15) is 10.5 Å². The molecule has 0 saturated heterocycles. The first-order chi connectivity index (χ1) is 16.5. The van der Waals surface area contributed by atoms with Crippen LogP contribution in [0.2, 0.25) is 0 Å². The summed E-state index contributed by atoms with van der Waals surface area (Å²) in [6, 6.07) is 13.2. The van der Waals surface area contributed by atoms with Crippen molar-refractivity contribution >= 4 is 45.9 Å². The van der Waals surface area contributed by atoms with Gasteiger partial charge in [-0.05, 0) is 12.5 Å². The van der Waals surface area contributed by atoms with Crippen LogP contribution in [0.4, 0.5) is 10.9 Å². The molecule has 2 heterocycles. The summed E-state index contributed by atoms with van der Waals surface area (Å²) in [6.07, 6.45) is 0.174. The minimum atomic E-state index is -0.376. The Morgan fingerprint density at radius 1 is 1.18 bits per heavy atom. The molecule has 0 fully saturated rings. The molecule has 2 aromatic heterocycles. The molecule has 1 amide bonds. The highest BCUT2D eigenvalue weighted by atomic mass is 32.2. The molecule has 0 unspecified atom stereocenters. The van der Waals surface area contributed by atoms with Crippen molar-refractivity contribution in [2.45, 2.75) is 24.8 Å². The lowest BCUT2D eigenvalue weighted by molar-refractivity contribution is -0.142. The second-order valence-corrected chi connectivity index (χ2v) is 8.73. The lowest BCUT2D eigenvalue weighted by Crippen LogP contribution is -2.13. The third kappa shape index (κ3) is 6.10. The first-order valence-corrected chi connectivity index (χ1v) is 12.0. The molecule has 34 heavy (non-hydrogen) atoms. The Morgan fingerprint density at radius 3 is 2.59 bits per heavy atom. The fraction of sp³-hybridized carbons (Fsp3) is 0.217. The number of nitrogens with two attached hydrogens (primary N) is 1. The van der Waals surface area contributed by atoms with Crippen LogP contribution in [0.5, 0.6) is 0 Å². The van der Waals surface area contributed by atoms with Crippen LogP contribution in [0.15, 0.2) is 40.7 Å². The van der Waals surface area contributed by atoms with Crippen molar-refractivity contribution < 1.29 is 14.3 Å². The zero-order valence-electron chi connectivity index (χ0n) is 18.2. The molecule has 172 valence electrons. The van der Waals surface area contributed by atoms with E-state index in [0.717, 1.165) is 0 Å². The minimum absolute atomic E-state index is 0.0317. The number of pyridine rings is 1. The van der Waals surface area contributed by atoms with E-state index in [2.05, 4.69) is 21.4 Å². The number of nitriles is 2. The van der Waals surface area contributed by atoms with Crippen LogP contribution in [0.25, 0.3) is 11.1 Å². The summed E-state index contributed by atoms with van der Waals surface area (Å²) in [6.45, 7) is 2.02. The van der Waals surface area contributed by atoms with Gasteiger partial charge in [-0.15, -0.1) is 23.1 Å². The average Bonchev–Trinajstić information content (AvgIpc) is 3.25. The van der Waals surface area contributed by atoms with Gasteiger partial charge in [0, 0.05) is 23.1 Å². The van der Waals surface area contributed by atoms with Crippen molar-refractivity contribution in [3.8, 4) is 23.3 Å². The molecular weight excluding hydrogens is 472 g/mol. The van der Waals surface area contributed by atoms with Gasteiger partial charge >= 0.3 is 5.97 Å². The molecule has 3 aromatic rings.